The van der Waals surface area contributed by atoms with Crippen molar-refractivity contribution < 1.29 is 8.78 Å². The second-order valence-corrected chi connectivity index (χ2v) is 2.29. The molecule has 6 heteroatoms. The quantitative estimate of drug-likeness (QED) is 0.677. The van der Waals surface area contributed by atoms with Gasteiger partial charge >= 0.3 is 0 Å². The topological polar surface area (TPSA) is 82.7 Å². The fraction of sp³-hybridized carbons (Fsp3) is 0.143. The van der Waals surface area contributed by atoms with Crippen molar-refractivity contribution in [2.75, 3.05) is 5.73 Å². The van der Waals surface area contributed by atoms with Crippen LogP contribution in [0.2, 0.25) is 0 Å². The van der Waals surface area contributed by atoms with E-state index in [-0.39, 0.29) is 5.69 Å². The van der Waals surface area contributed by atoms with Crippen molar-refractivity contribution in [1.29, 1.82) is 5.26 Å². The van der Waals surface area contributed by atoms with Crippen molar-refractivity contribution in [3.63, 3.8) is 0 Å². The number of pyridine rings is 1. The summed E-state index contributed by atoms with van der Waals surface area (Å²) >= 11 is 0. The summed E-state index contributed by atoms with van der Waals surface area (Å²) in [6.07, 6.45) is -2.93. The van der Waals surface area contributed by atoms with E-state index in [9.17, 15) is 13.6 Å². The van der Waals surface area contributed by atoms with Crippen LogP contribution in [0.3, 0.4) is 0 Å². The summed E-state index contributed by atoms with van der Waals surface area (Å²) in [6.45, 7) is 0. The maximum atomic E-state index is 12.1. The molecule has 0 aliphatic carbocycles. The highest BCUT2D eigenvalue weighted by molar-refractivity contribution is 5.43. The number of H-pyrrole nitrogens is 1. The van der Waals surface area contributed by atoms with E-state index in [1.165, 1.54) is 0 Å². The molecule has 0 radical (unpaired) electrons. The average molecular weight is 185 g/mol. The lowest BCUT2D eigenvalue weighted by Crippen LogP contribution is -2.14. The van der Waals surface area contributed by atoms with Crippen molar-refractivity contribution in [3.8, 4) is 6.07 Å². The first kappa shape index (κ1) is 9.19. The van der Waals surface area contributed by atoms with Crippen molar-refractivity contribution in [1.82, 2.24) is 4.98 Å². The van der Waals surface area contributed by atoms with Gasteiger partial charge in [-0.3, -0.25) is 4.79 Å². The summed E-state index contributed by atoms with van der Waals surface area (Å²) in [7, 11) is 0. The zero-order valence-corrected chi connectivity index (χ0v) is 6.34. The predicted molar refractivity (Wildman–Crippen MR) is 41.1 cm³/mol. The zero-order chi connectivity index (χ0) is 10.0. The molecule has 4 nitrogen and oxygen atoms in total. The van der Waals surface area contributed by atoms with Crippen molar-refractivity contribution in [2.24, 2.45) is 0 Å². The van der Waals surface area contributed by atoms with Crippen LogP contribution in [-0.2, 0) is 0 Å². The summed E-state index contributed by atoms with van der Waals surface area (Å²) in [5.41, 5.74) is 3.26. The number of hydrogen-bond donors (Lipinski definition) is 2. The summed E-state index contributed by atoms with van der Waals surface area (Å²) in [5, 5.41) is 8.35. The Morgan fingerprint density at radius 1 is 1.62 bits per heavy atom. The Morgan fingerprint density at radius 3 is 2.62 bits per heavy atom. The Balaban J connectivity index is 3.43. The van der Waals surface area contributed by atoms with Crippen molar-refractivity contribution >= 4 is 5.82 Å². The molecule has 0 aliphatic rings. The van der Waals surface area contributed by atoms with Crippen LogP contribution in [0.25, 0.3) is 0 Å². The number of hydrogen-bond acceptors (Lipinski definition) is 3. The fourth-order valence-electron chi connectivity index (χ4n) is 0.875. The van der Waals surface area contributed by atoms with Gasteiger partial charge in [-0.25, -0.2) is 8.78 Å². The minimum absolute atomic E-state index is 0.132. The first-order valence-electron chi connectivity index (χ1n) is 3.27. The molecule has 0 aromatic carbocycles. The van der Waals surface area contributed by atoms with Gasteiger partial charge in [-0.15, -0.1) is 0 Å². The average Bonchev–Trinajstić information content (AvgIpc) is 2.02. The number of nitrogens with two attached hydrogens (primary N) is 1. The predicted octanol–water partition coefficient (Wildman–Crippen LogP) is 0.766. The molecule has 0 saturated carbocycles. The highest BCUT2D eigenvalue weighted by atomic mass is 19.3. The Bertz CT molecular complexity index is 419. The Labute approximate surface area is 71.6 Å². The standard InChI is InChI=1S/C7H5F2N3O/c8-6(9)5-4(13)1-3(2-10)12-7(5)11/h1,6H,(H3,11,12,13). The van der Waals surface area contributed by atoms with E-state index < -0.39 is 23.2 Å². The first-order valence-corrected chi connectivity index (χ1v) is 3.27. The van der Waals surface area contributed by atoms with E-state index in [4.69, 9.17) is 11.0 Å². The molecule has 0 fully saturated rings. The lowest BCUT2D eigenvalue weighted by molar-refractivity contribution is 0.150. The number of halogens is 2. The normalized spacial score (nSPS) is 10.0. The second kappa shape index (κ2) is 3.23. The van der Waals surface area contributed by atoms with E-state index >= 15 is 0 Å². The fourth-order valence-corrected chi connectivity index (χ4v) is 0.875. The maximum absolute atomic E-state index is 12.1. The summed E-state index contributed by atoms with van der Waals surface area (Å²) in [6, 6.07) is 2.38. The number of aromatic nitrogens is 1. The molecular formula is C7H5F2N3O. The molecule has 1 rings (SSSR count). The van der Waals surface area contributed by atoms with E-state index in [1.807, 2.05) is 0 Å². The number of anilines is 1. The van der Waals surface area contributed by atoms with Crippen LogP contribution in [0.4, 0.5) is 14.6 Å². The SMILES string of the molecule is N#Cc1cc(=O)c(C(F)F)c(N)[nH]1. The highest BCUT2D eigenvalue weighted by Crippen LogP contribution is 2.19. The molecule has 0 saturated heterocycles. The van der Waals surface area contributed by atoms with Gasteiger partial charge in [0.05, 0.1) is 0 Å². The smallest absolute Gasteiger partial charge is 0.271 e. The Kier molecular flexibility index (Phi) is 2.28. The molecule has 1 heterocycles. The van der Waals surface area contributed by atoms with Gasteiger partial charge < -0.3 is 10.7 Å². The van der Waals surface area contributed by atoms with E-state index in [1.54, 1.807) is 6.07 Å². The van der Waals surface area contributed by atoms with Crippen LogP contribution in [0.5, 0.6) is 0 Å². The molecule has 0 unspecified atom stereocenters. The molecule has 68 valence electrons. The first-order chi connectivity index (χ1) is 6.06. The largest absolute Gasteiger partial charge is 0.385 e. The van der Waals surface area contributed by atoms with Gasteiger partial charge in [-0.1, -0.05) is 0 Å². The minimum Gasteiger partial charge on any atom is -0.385 e. The van der Waals surface area contributed by atoms with Crippen molar-refractivity contribution in [3.05, 3.63) is 27.5 Å². The van der Waals surface area contributed by atoms with Gasteiger partial charge in [-0.2, -0.15) is 5.26 Å². The Morgan fingerprint density at radius 2 is 2.23 bits per heavy atom. The number of nitrogen functional groups attached to an aromatic ring is 1. The van der Waals surface area contributed by atoms with Gasteiger partial charge in [0.25, 0.3) is 6.43 Å². The molecule has 13 heavy (non-hydrogen) atoms. The third-order valence-corrected chi connectivity index (χ3v) is 1.44. The number of nitrogens with zero attached hydrogens (tertiary/aromatic N) is 1. The van der Waals surface area contributed by atoms with Gasteiger partial charge in [0, 0.05) is 6.07 Å². The third-order valence-electron chi connectivity index (χ3n) is 1.44. The van der Waals surface area contributed by atoms with Gasteiger partial charge in [0.2, 0.25) is 0 Å². The summed E-state index contributed by atoms with van der Waals surface area (Å²) < 4.78 is 24.3. The van der Waals surface area contributed by atoms with E-state index in [2.05, 4.69) is 4.98 Å². The molecule has 0 bridgehead atoms. The molecule has 0 amide bonds. The zero-order valence-electron chi connectivity index (χ0n) is 6.34. The van der Waals surface area contributed by atoms with Crippen LogP contribution in [-0.4, -0.2) is 4.98 Å². The van der Waals surface area contributed by atoms with Crippen LogP contribution in [0.15, 0.2) is 10.9 Å². The van der Waals surface area contributed by atoms with Crippen LogP contribution in [0, 0.1) is 11.3 Å². The van der Waals surface area contributed by atoms with Crippen LogP contribution >= 0.6 is 0 Å². The maximum Gasteiger partial charge on any atom is 0.271 e. The summed E-state index contributed by atoms with van der Waals surface area (Å²) in [5.74, 6) is -0.459. The lowest BCUT2D eigenvalue weighted by Gasteiger charge is -2.02. The van der Waals surface area contributed by atoms with Crippen LogP contribution in [0.1, 0.15) is 17.7 Å². The third kappa shape index (κ3) is 1.64. The molecular weight excluding hydrogens is 180 g/mol. The molecule has 0 aliphatic heterocycles. The molecule has 0 atom stereocenters. The van der Waals surface area contributed by atoms with Gasteiger partial charge in [0.1, 0.15) is 23.1 Å². The number of nitrogens with one attached hydrogen (secondary N) is 1. The van der Waals surface area contributed by atoms with Gasteiger partial charge in [0.15, 0.2) is 5.43 Å². The monoisotopic (exact) mass is 185 g/mol. The lowest BCUT2D eigenvalue weighted by atomic mass is 10.2. The van der Waals surface area contributed by atoms with Crippen LogP contribution < -0.4 is 11.2 Å². The number of nitriles is 1. The molecule has 3 N–H and O–H groups in total. The summed E-state index contributed by atoms with van der Waals surface area (Å²) in [4.78, 5) is 13.1. The Hall–Kier alpha value is -1.90. The molecule has 1 aromatic heterocycles. The van der Waals surface area contributed by atoms with Crippen molar-refractivity contribution in [2.45, 2.75) is 6.43 Å². The number of aromatic amines is 1. The number of alkyl halides is 2. The minimum atomic E-state index is -2.93. The van der Waals surface area contributed by atoms with Gasteiger partial charge in [-0.05, 0) is 0 Å². The van der Waals surface area contributed by atoms with E-state index in [0.29, 0.717) is 0 Å². The molecule has 1 aromatic rings. The molecule has 0 spiro atoms. The number of rotatable bonds is 1. The second-order valence-electron chi connectivity index (χ2n) is 2.29. The highest BCUT2D eigenvalue weighted by Gasteiger charge is 2.16. The van der Waals surface area contributed by atoms with E-state index in [0.717, 1.165) is 6.07 Å².